The van der Waals surface area contributed by atoms with Crippen LogP contribution in [0.2, 0.25) is 0 Å². The average molecular weight is 298 g/mol. The topological polar surface area (TPSA) is 50.3 Å². The van der Waals surface area contributed by atoms with Crippen LogP contribution in [0.5, 0.6) is 5.88 Å². The molecule has 19 heavy (non-hydrogen) atoms. The summed E-state index contributed by atoms with van der Waals surface area (Å²) in [5, 5.41) is 7.49. The highest BCUT2D eigenvalue weighted by Crippen LogP contribution is 2.30. The summed E-state index contributed by atoms with van der Waals surface area (Å²) in [5.74, 6) is 0.701. The smallest absolute Gasteiger partial charge is 0.230 e. The molecule has 104 valence electrons. The second-order valence-electron chi connectivity index (χ2n) is 4.30. The van der Waals surface area contributed by atoms with Crippen LogP contribution in [-0.4, -0.2) is 31.2 Å². The Hall–Kier alpha value is -1.18. The Morgan fingerprint density at radius 1 is 1.47 bits per heavy atom. The minimum atomic E-state index is 0.231. The zero-order chi connectivity index (χ0) is 13.8. The fourth-order valence-electron chi connectivity index (χ4n) is 1.57. The molecule has 7 heteroatoms. The van der Waals surface area contributed by atoms with E-state index in [0.717, 1.165) is 21.6 Å². The van der Waals surface area contributed by atoms with Crippen LogP contribution in [0.15, 0.2) is 11.6 Å². The fourth-order valence-corrected chi connectivity index (χ4v) is 3.14. The Kier molecular flexibility index (Phi) is 4.73. The third kappa shape index (κ3) is 3.43. The third-order valence-corrected chi connectivity index (χ3v) is 4.78. The van der Waals surface area contributed by atoms with Crippen molar-refractivity contribution in [1.29, 1.82) is 0 Å². The molecule has 0 radical (unpaired) electrons. The average Bonchev–Trinajstić information content (AvgIpc) is 3.04. The van der Waals surface area contributed by atoms with E-state index in [-0.39, 0.29) is 6.04 Å². The van der Waals surface area contributed by atoms with E-state index >= 15 is 0 Å². The van der Waals surface area contributed by atoms with E-state index in [1.807, 2.05) is 30.6 Å². The van der Waals surface area contributed by atoms with Crippen molar-refractivity contribution < 1.29 is 4.74 Å². The Labute approximate surface area is 121 Å². The van der Waals surface area contributed by atoms with E-state index in [1.54, 1.807) is 29.8 Å². The van der Waals surface area contributed by atoms with Crippen molar-refractivity contribution in [1.82, 2.24) is 15.3 Å². The van der Waals surface area contributed by atoms with Gasteiger partial charge in [0.05, 0.1) is 18.0 Å². The highest BCUT2D eigenvalue weighted by Gasteiger charge is 2.15. The Bertz CT molecular complexity index is 510. The predicted molar refractivity (Wildman–Crippen MR) is 80.4 cm³/mol. The molecule has 0 bridgehead atoms. The van der Waals surface area contributed by atoms with Crippen molar-refractivity contribution in [3.8, 4) is 5.88 Å². The maximum absolute atomic E-state index is 5.32. The Morgan fingerprint density at radius 3 is 2.84 bits per heavy atom. The summed E-state index contributed by atoms with van der Waals surface area (Å²) in [6.45, 7) is 2.84. The highest BCUT2D eigenvalue weighted by molar-refractivity contribution is 7.15. The van der Waals surface area contributed by atoms with Gasteiger partial charge in [-0.25, -0.2) is 4.98 Å². The summed E-state index contributed by atoms with van der Waals surface area (Å²) < 4.78 is 5.32. The van der Waals surface area contributed by atoms with E-state index in [9.17, 15) is 0 Å². The third-order valence-electron chi connectivity index (χ3n) is 2.62. The number of anilines is 1. The maximum Gasteiger partial charge on any atom is 0.230 e. The van der Waals surface area contributed by atoms with Crippen molar-refractivity contribution in [3.05, 3.63) is 21.5 Å². The number of hydrogen-bond donors (Lipinski definition) is 1. The molecule has 0 saturated carbocycles. The molecular weight excluding hydrogens is 280 g/mol. The molecule has 0 aromatic carbocycles. The first kappa shape index (κ1) is 14.2. The van der Waals surface area contributed by atoms with Gasteiger partial charge in [-0.15, -0.1) is 11.3 Å². The monoisotopic (exact) mass is 298 g/mol. The van der Waals surface area contributed by atoms with Crippen LogP contribution in [0.4, 0.5) is 5.13 Å². The number of rotatable bonds is 6. The van der Waals surface area contributed by atoms with Gasteiger partial charge in [-0.2, -0.15) is 4.98 Å². The van der Waals surface area contributed by atoms with Crippen LogP contribution in [0.1, 0.15) is 22.9 Å². The lowest BCUT2D eigenvalue weighted by Crippen LogP contribution is -2.17. The number of nitrogens with zero attached hydrogens (tertiary/aromatic N) is 3. The van der Waals surface area contributed by atoms with Gasteiger partial charge in [-0.1, -0.05) is 11.3 Å². The quantitative estimate of drug-likeness (QED) is 0.888. The molecule has 1 N–H and O–H groups in total. The molecule has 2 aromatic heterocycles. The lowest BCUT2D eigenvalue weighted by atomic mass is 10.3. The Balaban J connectivity index is 2.02. The Morgan fingerprint density at radius 2 is 2.26 bits per heavy atom. The number of ether oxygens (including phenoxy) is 1. The van der Waals surface area contributed by atoms with Gasteiger partial charge in [-0.05, 0) is 6.92 Å². The molecule has 0 aliphatic rings. The summed E-state index contributed by atoms with van der Waals surface area (Å²) in [7, 11) is 5.61. The van der Waals surface area contributed by atoms with Crippen LogP contribution < -0.4 is 15.0 Å². The largest absolute Gasteiger partial charge is 0.480 e. The first-order valence-corrected chi connectivity index (χ1v) is 7.65. The van der Waals surface area contributed by atoms with Gasteiger partial charge in [-0.3, -0.25) is 0 Å². The summed E-state index contributed by atoms with van der Waals surface area (Å²) in [4.78, 5) is 11.8. The summed E-state index contributed by atoms with van der Waals surface area (Å²) >= 11 is 3.30. The molecule has 2 rings (SSSR count). The molecule has 1 atom stereocenters. The van der Waals surface area contributed by atoms with Gasteiger partial charge < -0.3 is 15.0 Å². The molecule has 5 nitrogen and oxygen atoms in total. The van der Waals surface area contributed by atoms with Crippen LogP contribution in [0.3, 0.4) is 0 Å². The number of nitrogens with one attached hydrogen (secondary N) is 1. The molecule has 0 saturated heterocycles. The molecule has 2 aromatic rings. The summed E-state index contributed by atoms with van der Waals surface area (Å²) in [5.41, 5.74) is 0. The number of hydrogen-bond acceptors (Lipinski definition) is 7. The van der Waals surface area contributed by atoms with Crippen LogP contribution >= 0.6 is 22.7 Å². The lowest BCUT2D eigenvalue weighted by molar-refractivity contribution is 0.393. The van der Waals surface area contributed by atoms with E-state index in [1.165, 1.54) is 0 Å². The van der Waals surface area contributed by atoms with Crippen molar-refractivity contribution in [3.63, 3.8) is 0 Å². The minimum Gasteiger partial charge on any atom is -0.480 e. The maximum atomic E-state index is 5.32. The second-order valence-corrected chi connectivity index (χ2v) is 6.28. The van der Waals surface area contributed by atoms with Gasteiger partial charge in [0, 0.05) is 32.2 Å². The minimum absolute atomic E-state index is 0.231. The normalized spacial score (nSPS) is 12.4. The van der Waals surface area contributed by atoms with E-state index in [0.29, 0.717) is 5.88 Å². The molecule has 0 amide bonds. The van der Waals surface area contributed by atoms with Crippen molar-refractivity contribution >= 4 is 27.8 Å². The molecule has 0 aliphatic heterocycles. The van der Waals surface area contributed by atoms with Crippen molar-refractivity contribution in [2.45, 2.75) is 19.5 Å². The zero-order valence-corrected chi connectivity index (χ0v) is 13.1. The van der Waals surface area contributed by atoms with Gasteiger partial charge in [0.25, 0.3) is 0 Å². The molecule has 1 unspecified atom stereocenters. The molecule has 0 spiro atoms. The van der Waals surface area contributed by atoms with Crippen LogP contribution in [0.25, 0.3) is 0 Å². The van der Waals surface area contributed by atoms with E-state index in [4.69, 9.17) is 4.74 Å². The molecule has 0 aliphatic carbocycles. The summed E-state index contributed by atoms with van der Waals surface area (Å²) in [6, 6.07) is 0.231. The fraction of sp³-hybridized carbons (Fsp3) is 0.500. The van der Waals surface area contributed by atoms with E-state index < -0.39 is 0 Å². The molecule has 0 fully saturated rings. The van der Waals surface area contributed by atoms with Gasteiger partial charge >= 0.3 is 0 Å². The van der Waals surface area contributed by atoms with Crippen molar-refractivity contribution in [2.75, 3.05) is 26.1 Å². The lowest BCUT2D eigenvalue weighted by Gasteiger charge is -2.10. The van der Waals surface area contributed by atoms with Gasteiger partial charge in [0.15, 0.2) is 5.13 Å². The molecule has 2 heterocycles. The van der Waals surface area contributed by atoms with Crippen LogP contribution in [-0.2, 0) is 6.54 Å². The standard InChI is InChI=1S/C12H18N4OS2/c1-8(11-13-5-6-18-11)14-7-9-10(17-4)15-12(19-9)16(2)3/h5-6,8,14H,7H2,1-4H3. The van der Waals surface area contributed by atoms with Gasteiger partial charge in [0.1, 0.15) is 5.01 Å². The van der Waals surface area contributed by atoms with E-state index in [2.05, 4.69) is 22.2 Å². The number of thiazole rings is 2. The number of aromatic nitrogens is 2. The van der Waals surface area contributed by atoms with Crippen molar-refractivity contribution in [2.24, 2.45) is 0 Å². The first-order chi connectivity index (χ1) is 9.11. The molecular formula is C12H18N4OS2. The SMILES string of the molecule is COc1nc(N(C)C)sc1CNC(C)c1nccs1. The second kappa shape index (κ2) is 6.31. The first-order valence-electron chi connectivity index (χ1n) is 5.95. The number of methoxy groups -OCH3 is 1. The highest BCUT2D eigenvalue weighted by atomic mass is 32.1. The predicted octanol–water partition coefficient (Wildman–Crippen LogP) is 2.53. The van der Waals surface area contributed by atoms with Crippen LogP contribution in [0, 0.1) is 0 Å². The van der Waals surface area contributed by atoms with Gasteiger partial charge in [0.2, 0.25) is 5.88 Å². The zero-order valence-electron chi connectivity index (χ0n) is 11.5. The summed E-state index contributed by atoms with van der Waals surface area (Å²) in [6.07, 6.45) is 1.83.